The average Bonchev–Trinajstić information content (AvgIpc) is 3.22. The van der Waals surface area contributed by atoms with Gasteiger partial charge in [-0.1, -0.05) is 56.3 Å². The van der Waals surface area contributed by atoms with Crippen LogP contribution >= 0.6 is 0 Å². The van der Waals surface area contributed by atoms with Crippen LogP contribution in [0.3, 0.4) is 0 Å². The van der Waals surface area contributed by atoms with E-state index in [9.17, 15) is 0 Å². The lowest BCUT2D eigenvalue weighted by Crippen LogP contribution is -2.20. The van der Waals surface area contributed by atoms with Crippen molar-refractivity contribution in [2.45, 2.75) is 51.5 Å². The number of aryl methyl sites for hydroxylation is 1. The summed E-state index contributed by atoms with van der Waals surface area (Å²) in [5, 5.41) is 12.9. The summed E-state index contributed by atoms with van der Waals surface area (Å²) in [6, 6.07) is 10.2. The number of aromatic nitrogens is 5. The topological polar surface area (TPSA) is 69.6 Å². The quantitative estimate of drug-likeness (QED) is 0.723. The van der Waals surface area contributed by atoms with Gasteiger partial charge in [0.05, 0.1) is 5.92 Å². The molecule has 1 atom stereocenters. The van der Waals surface area contributed by atoms with Crippen LogP contribution < -0.4 is 0 Å². The molecule has 1 aliphatic rings. The molecular weight excluding hydrogens is 302 g/mol. The van der Waals surface area contributed by atoms with E-state index in [1.165, 1.54) is 0 Å². The minimum Gasteiger partial charge on any atom is -0.339 e. The van der Waals surface area contributed by atoms with Crippen LogP contribution in [0.1, 0.15) is 50.6 Å². The van der Waals surface area contributed by atoms with Gasteiger partial charge in [0.15, 0.2) is 11.6 Å². The Bertz CT molecular complexity index is 844. The number of hydrogen-bond donors (Lipinski definition) is 0. The molecule has 0 amide bonds. The van der Waals surface area contributed by atoms with Crippen LogP contribution in [0.25, 0.3) is 11.4 Å². The van der Waals surface area contributed by atoms with Gasteiger partial charge in [-0.3, -0.25) is 0 Å². The van der Waals surface area contributed by atoms with Crippen LogP contribution in [-0.4, -0.2) is 24.9 Å². The van der Waals surface area contributed by atoms with Gasteiger partial charge in [-0.25, -0.2) is 0 Å². The Balaban J connectivity index is 1.64. The first-order chi connectivity index (χ1) is 11.5. The highest BCUT2D eigenvalue weighted by Crippen LogP contribution is 2.31. The average molecular weight is 323 g/mol. The predicted molar refractivity (Wildman–Crippen MR) is 89.5 cm³/mol. The highest BCUT2D eigenvalue weighted by molar-refractivity contribution is 5.55. The second-order valence-corrected chi connectivity index (χ2v) is 7.36. The van der Waals surface area contributed by atoms with E-state index in [4.69, 9.17) is 4.52 Å². The summed E-state index contributed by atoms with van der Waals surface area (Å²) in [6.07, 6.45) is 1.83. The normalized spacial score (nSPS) is 17.7. The van der Waals surface area contributed by atoms with Gasteiger partial charge in [0.25, 0.3) is 0 Å². The van der Waals surface area contributed by atoms with Crippen LogP contribution in [0.15, 0.2) is 34.9 Å². The second-order valence-electron chi connectivity index (χ2n) is 7.36. The molecule has 6 heteroatoms. The molecular formula is C18H21N5O. The first-order valence-electron chi connectivity index (χ1n) is 8.34. The van der Waals surface area contributed by atoms with Gasteiger partial charge in [-0.2, -0.15) is 4.98 Å². The van der Waals surface area contributed by atoms with Crippen molar-refractivity contribution in [2.75, 3.05) is 0 Å². The first-order valence-corrected chi connectivity index (χ1v) is 8.34. The molecule has 0 N–H and O–H groups in total. The third kappa shape index (κ3) is 2.62. The minimum absolute atomic E-state index is 0.104. The van der Waals surface area contributed by atoms with Crippen molar-refractivity contribution in [3.63, 3.8) is 0 Å². The van der Waals surface area contributed by atoms with Gasteiger partial charge >= 0.3 is 0 Å². The Kier molecular flexibility index (Phi) is 3.48. The summed E-state index contributed by atoms with van der Waals surface area (Å²) in [5.74, 6) is 3.62. The zero-order chi connectivity index (χ0) is 16.7. The smallest absolute Gasteiger partial charge is 0.231 e. The summed E-state index contributed by atoms with van der Waals surface area (Å²) < 4.78 is 7.74. The molecule has 0 radical (unpaired) electrons. The molecule has 3 heterocycles. The lowest BCUT2D eigenvalue weighted by Gasteiger charge is -2.21. The van der Waals surface area contributed by atoms with E-state index in [1.54, 1.807) is 0 Å². The third-order valence-corrected chi connectivity index (χ3v) is 4.44. The van der Waals surface area contributed by atoms with Crippen molar-refractivity contribution in [1.29, 1.82) is 0 Å². The van der Waals surface area contributed by atoms with Gasteiger partial charge in [0, 0.05) is 23.9 Å². The Morgan fingerprint density at radius 3 is 2.62 bits per heavy atom. The summed E-state index contributed by atoms with van der Waals surface area (Å²) >= 11 is 0. The fourth-order valence-corrected chi connectivity index (χ4v) is 3.04. The van der Waals surface area contributed by atoms with Gasteiger partial charge in [-0.05, 0) is 6.42 Å². The maximum absolute atomic E-state index is 5.55. The van der Waals surface area contributed by atoms with Crippen LogP contribution in [-0.2, 0) is 18.4 Å². The van der Waals surface area contributed by atoms with Gasteiger partial charge in [0.1, 0.15) is 5.82 Å². The number of benzene rings is 1. The van der Waals surface area contributed by atoms with E-state index in [1.807, 2.05) is 18.2 Å². The lowest BCUT2D eigenvalue weighted by atomic mass is 9.95. The standard InChI is InChI=1S/C18H21N5O/c1-18(2,3)17-19-16(24-22-17)13-9-10-14-20-21-15(23(14)11-13)12-7-5-4-6-8-12/h4-8,13H,9-11H2,1-3H3. The summed E-state index contributed by atoms with van der Waals surface area (Å²) in [5.41, 5.74) is 0.977. The fraction of sp³-hybridized carbons (Fsp3) is 0.444. The molecule has 0 saturated heterocycles. The summed E-state index contributed by atoms with van der Waals surface area (Å²) in [4.78, 5) is 4.63. The lowest BCUT2D eigenvalue weighted by molar-refractivity contribution is 0.311. The van der Waals surface area contributed by atoms with E-state index >= 15 is 0 Å². The van der Waals surface area contributed by atoms with Crippen molar-refractivity contribution in [3.8, 4) is 11.4 Å². The van der Waals surface area contributed by atoms with Gasteiger partial charge < -0.3 is 9.09 Å². The highest BCUT2D eigenvalue weighted by Gasteiger charge is 2.30. The monoisotopic (exact) mass is 323 g/mol. The van der Waals surface area contributed by atoms with E-state index in [0.29, 0.717) is 0 Å². The van der Waals surface area contributed by atoms with Crippen molar-refractivity contribution in [3.05, 3.63) is 47.9 Å². The predicted octanol–water partition coefficient (Wildman–Crippen LogP) is 3.36. The molecule has 0 aliphatic carbocycles. The molecule has 3 aromatic rings. The van der Waals surface area contributed by atoms with Crippen LogP contribution in [0.2, 0.25) is 0 Å². The number of nitrogens with zero attached hydrogens (tertiary/aromatic N) is 5. The van der Waals surface area contributed by atoms with Crippen LogP contribution in [0.5, 0.6) is 0 Å². The Hall–Kier alpha value is -2.50. The van der Waals surface area contributed by atoms with E-state index in [-0.39, 0.29) is 11.3 Å². The Labute approximate surface area is 140 Å². The molecule has 1 aliphatic heterocycles. The Morgan fingerprint density at radius 2 is 1.92 bits per heavy atom. The van der Waals surface area contributed by atoms with Crippen molar-refractivity contribution >= 4 is 0 Å². The summed E-state index contributed by atoms with van der Waals surface area (Å²) in [7, 11) is 0. The van der Waals surface area contributed by atoms with Gasteiger partial charge in [0.2, 0.25) is 5.89 Å². The van der Waals surface area contributed by atoms with Gasteiger partial charge in [-0.15, -0.1) is 10.2 Å². The highest BCUT2D eigenvalue weighted by atomic mass is 16.5. The van der Waals surface area contributed by atoms with E-state index < -0.39 is 0 Å². The second kappa shape index (κ2) is 5.54. The Morgan fingerprint density at radius 1 is 1.12 bits per heavy atom. The zero-order valence-corrected chi connectivity index (χ0v) is 14.2. The fourth-order valence-electron chi connectivity index (χ4n) is 3.04. The van der Waals surface area contributed by atoms with E-state index in [2.05, 4.69) is 57.8 Å². The molecule has 124 valence electrons. The molecule has 1 aromatic carbocycles. The third-order valence-electron chi connectivity index (χ3n) is 4.44. The van der Waals surface area contributed by atoms with Crippen molar-refractivity contribution < 1.29 is 4.52 Å². The molecule has 0 saturated carbocycles. The number of hydrogen-bond acceptors (Lipinski definition) is 5. The molecule has 0 spiro atoms. The molecule has 0 bridgehead atoms. The first kappa shape index (κ1) is 15.1. The maximum Gasteiger partial charge on any atom is 0.231 e. The number of fused-ring (bicyclic) bond motifs is 1. The zero-order valence-electron chi connectivity index (χ0n) is 14.2. The molecule has 1 unspecified atom stereocenters. The molecule has 6 nitrogen and oxygen atoms in total. The molecule has 4 rings (SSSR count). The molecule has 24 heavy (non-hydrogen) atoms. The van der Waals surface area contributed by atoms with Crippen LogP contribution in [0.4, 0.5) is 0 Å². The largest absolute Gasteiger partial charge is 0.339 e. The van der Waals surface area contributed by atoms with Crippen molar-refractivity contribution in [1.82, 2.24) is 24.9 Å². The molecule has 2 aromatic heterocycles. The van der Waals surface area contributed by atoms with E-state index in [0.717, 1.165) is 48.3 Å². The SMILES string of the molecule is CC(C)(C)c1noc(C2CCc3nnc(-c4ccccc4)n3C2)n1. The maximum atomic E-state index is 5.55. The summed E-state index contributed by atoms with van der Waals surface area (Å²) in [6.45, 7) is 7.05. The van der Waals surface area contributed by atoms with Crippen molar-refractivity contribution in [2.24, 2.45) is 0 Å². The minimum atomic E-state index is -0.104. The molecule has 0 fully saturated rings. The van der Waals surface area contributed by atoms with Crippen LogP contribution in [0, 0.1) is 0 Å². The number of rotatable bonds is 2.